The molecular weight excluding hydrogens is 216 g/mol. The van der Waals surface area contributed by atoms with Gasteiger partial charge in [-0.2, -0.15) is 0 Å². The SMILES string of the molecule is CCCc1nnc2c(=O)n(CC(C)C)ccn12. The molecule has 17 heavy (non-hydrogen) atoms. The summed E-state index contributed by atoms with van der Waals surface area (Å²) in [6.07, 6.45) is 5.53. The molecule has 0 N–H and O–H groups in total. The molecule has 0 amide bonds. The van der Waals surface area contributed by atoms with Gasteiger partial charge in [-0.3, -0.25) is 9.20 Å². The molecule has 0 atom stereocenters. The van der Waals surface area contributed by atoms with E-state index in [-0.39, 0.29) is 5.56 Å². The zero-order valence-corrected chi connectivity index (χ0v) is 10.6. The first-order valence-corrected chi connectivity index (χ1v) is 6.06. The number of hydrogen-bond acceptors (Lipinski definition) is 3. The molecule has 2 aromatic rings. The number of aryl methyl sites for hydroxylation is 1. The van der Waals surface area contributed by atoms with Crippen molar-refractivity contribution in [3.63, 3.8) is 0 Å². The Bertz CT molecular complexity index is 567. The topological polar surface area (TPSA) is 52.2 Å². The van der Waals surface area contributed by atoms with Gasteiger partial charge in [0.1, 0.15) is 5.82 Å². The average molecular weight is 234 g/mol. The lowest BCUT2D eigenvalue weighted by molar-refractivity contribution is 0.510. The molecule has 2 heterocycles. The zero-order valence-electron chi connectivity index (χ0n) is 10.6. The normalized spacial score (nSPS) is 11.5. The largest absolute Gasteiger partial charge is 0.311 e. The van der Waals surface area contributed by atoms with Gasteiger partial charge < -0.3 is 4.57 Å². The fourth-order valence-electron chi connectivity index (χ4n) is 1.90. The minimum atomic E-state index is -0.0592. The van der Waals surface area contributed by atoms with Crippen LogP contribution in [0.3, 0.4) is 0 Å². The van der Waals surface area contributed by atoms with Crippen molar-refractivity contribution in [2.75, 3.05) is 0 Å². The van der Waals surface area contributed by atoms with Gasteiger partial charge in [0, 0.05) is 25.4 Å². The molecule has 0 saturated carbocycles. The van der Waals surface area contributed by atoms with Crippen molar-refractivity contribution in [1.82, 2.24) is 19.2 Å². The summed E-state index contributed by atoms with van der Waals surface area (Å²) in [5.74, 6) is 1.30. The Morgan fingerprint density at radius 2 is 2.06 bits per heavy atom. The summed E-state index contributed by atoms with van der Waals surface area (Å²) in [6, 6.07) is 0. The predicted molar refractivity (Wildman–Crippen MR) is 66.1 cm³/mol. The summed E-state index contributed by atoms with van der Waals surface area (Å²) in [4.78, 5) is 12.1. The molecule has 92 valence electrons. The number of nitrogens with zero attached hydrogens (tertiary/aromatic N) is 4. The van der Waals surface area contributed by atoms with Crippen molar-refractivity contribution in [2.24, 2.45) is 5.92 Å². The summed E-state index contributed by atoms with van der Waals surface area (Å²) >= 11 is 0. The lowest BCUT2D eigenvalue weighted by Crippen LogP contribution is -2.24. The van der Waals surface area contributed by atoms with Gasteiger partial charge in [0.15, 0.2) is 0 Å². The van der Waals surface area contributed by atoms with E-state index >= 15 is 0 Å². The molecule has 0 fully saturated rings. The molecule has 5 heteroatoms. The Kier molecular flexibility index (Phi) is 3.26. The molecule has 2 rings (SSSR count). The van der Waals surface area contributed by atoms with Gasteiger partial charge in [-0.1, -0.05) is 20.8 Å². The first kappa shape index (κ1) is 11.8. The molecule has 0 unspecified atom stereocenters. The minimum Gasteiger partial charge on any atom is -0.311 e. The smallest absolute Gasteiger partial charge is 0.296 e. The van der Waals surface area contributed by atoms with Gasteiger partial charge in [0.2, 0.25) is 5.65 Å². The van der Waals surface area contributed by atoms with Crippen LogP contribution in [0.2, 0.25) is 0 Å². The van der Waals surface area contributed by atoms with Crippen molar-refractivity contribution in [1.29, 1.82) is 0 Å². The molecule has 5 nitrogen and oxygen atoms in total. The number of fused-ring (bicyclic) bond motifs is 1. The molecule has 0 bridgehead atoms. The first-order valence-electron chi connectivity index (χ1n) is 6.06. The maximum absolute atomic E-state index is 12.1. The highest BCUT2D eigenvalue weighted by molar-refractivity contribution is 5.34. The second-order valence-corrected chi connectivity index (χ2v) is 4.71. The van der Waals surface area contributed by atoms with Crippen LogP contribution in [0.15, 0.2) is 17.2 Å². The van der Waals surface area contributed by atoms with Crippen molar-refractivity contribution in [3.05, 3.63) is 28.6 Å². The summed E-state index contributed by atoms with van der Waals surface area (Å²) in [6.45, 7) is 6.97. The van der Waals surface area contributed by atoms with E-state index in [0.29, 0.717) is 18.1 Å². The first-order chi connectivity index (χ1) is 8.13. The maximum atomic E-state index is 12.1. The minimum absolute atomic E-state index is 0.0592. The standard InChI is InChI=1S/C12H18N4O/c1-4-5-10-13-14-11-12(17)15(8-9(2)3)6-7-16(10)11/h6-7,9H,4-5,8H2,1-3H3. The summed E-state index contributed by atoms with van der Waals surface area (Å²) in [5, 5.41) is 8.05. The number of hydrogen-bond donors (Lipinski definition) is 0. The summed E-state index contributed by atoms with van der Waals surface area (Å²) < 4.78 is 3.49. The van der Waals surface area contributed by atoms with Crippen LogP contribution >= 0.6 is 0 Å². The third kappa shape index (κ3) is 2.23. The van der Waals surface area contributed by atoms with Gasteiger partial charge in [-0.15, -0.1) is 10.2 Å². The second-order valence-electron chi connectivity index (χ2n) is 4.71. The molecule has 2 aromatic heterocycles. The molecule has 0 aliphatic heterocycles. The fourth-order valence-corrected chi connectivity index (χ4v) is 1.90. The zero-order chi connectivity index (χ0) is 12.4. The van der Waals surface area contributed by atoms with Crippen LogP contribution in [-0.4, -0.2) is 19.2 Å². The van der Waals surface area contributed by atoms with Crippen molar-refractivity contribution in [2.45, 2.75) is 40.2 Å². The van der Waals surface area contributed by atoms with Crippen molar-refractivity contribution >= 4 is 5.65 Å². The molecule has 0 aromatic carbocycles. The van der Waals surface area contributed by atoms with Crippen molar-refractivity contribution in [3.8, 4) is 0 Å². The van der Waals surface area contributed by atoms with Crippen LogP contribution in [0.1, 0.15) is 33.0 Å². The quantitative estimate of drug-likeness (QED) is 0.805. The van der Waals surface area contributed by atoms with E-state index in [2.05, 4.69) is 31.0 Å². The number of rotatable bonds is 4. The Balaban J connectivity index is 2.50. The molecule has 0 spiro atoms. The van der Waals surface area contributed by atoms with Crippen LogP contribution in [-0.2, 0) is 13.0 Å². The van der Waals surface area contributed by atoms with Gasteiger partial charge in [-0.05, 0) is 12.3 Å². The van der Waals surface area contributed by atoms with E-state index < -0.39 is 0 Å². The molecular formula is C12H18N4O. The van der Waals surface area contributed by atoms with E-state index in [1.807, 2.05) is 12.4 Å². The molecule has 0 aliphatic carbocycles. The fraction of sp³-hybridized carbons (Fsp3) is 0.583. The van der Waals surface area contributed by atoms with E-state index in [1.54, 1.807) is 8.97 Å². The molecule has 0 radical (unpaired) electrons. The lowest BCUT2D eigenvalue weighted by atomic mass is 10.2. The van der Waals surface area contributed by atoms with Gasteiger partial charge >= 0.3 is 0 Å². The summed E-state index contributed by atoms with van der Waals surface area (Å²) in [5.41, 5.74) is 0.368. The highest BCUT2D eigenvalue weighted by Crippen LogP contribution is 2.03. The Morgan fingerprint density at radius 3 is 2.71 bits per heavy atom. The summed E-state index contributed by atoms with van der Waals surface area (Å²) in [7, 11) is 0. The van der Waals surface area contributed by atoms with Crippen LogP contribution in [0, 0.1) is 5.92 Å². The highest BCUT2D eigenvalue weighted by atomic mass is 16.1. The second kappa shape index (κ2) is 4.69. The Hall–Kier alpha value is -1.65. The maximum Gasteiger partial charge on any atom is 0.296 e. The van der Waals surface area contributed by atoms with E-state index in [9.17, 15) is 4.79 Å². The van der Waals surface area contributed by atoms with Gasteiger partial charge in [0.05, 0.1) is 0 Å². The van der Waals surface area contributed by atoms with Crippen LogP contribution in [0.4, 0.5) is 0 Å². The average Bonchev–Trinajstić information content (AvgIpc) is 2.67. The Labute approximate surface area is 100 Å². The van der Waals surface area contributed by atoms with Gasteiger partial charge in [-0.25, -0.2) is 0 Å². The van der Waals surface area contributed by atoms with E-state index in [0.717, 1.165) is 18.7 Å². The Morgan fingerprint density at radius 1 is 1.29 bits per heavy atom. The van der Waals surface area contributed by atoms with Crippen LogP contribution in [0.25, 0.3) is 5.65 Å². The highest BCUT2D eigenvalue weighted by Gasteiger charge is 2.10. The third-order valence-corrected chi connectivity index (χ3v) is 2.65. The lowest BCUT2D eigenvalue weighted by Gasteiger charge is -2.08. The van der Waals surface area contributed by atoms with E-state index in [1.165, 1.54) is 0 Å². The number of aromatic nitrogens is 4. The third-order valence-electron chi connectivity index (χ3n) is 2.65. The van der Waals surface area contributed by atoms with Crippen molar-refractivity contribution < 1.29 is 0 Å². The van der Waals surface area contributed by atoms with E-state index in [4.69, 9.17) is 0 Å². The molecule has 0 saturated heterocycles. The van der Waals surface area contributed by atoms with Gasteiger partial charge in [0.25, 0.3) is 5.56 Å². The molecule has 0 aliphatic rings. The van der Waals surface area contributed by atoms with Crippen LogP contribution in [0.5, 0.6) is 0 Å². The monoisotopic (exact) mass is 234 g/mol. The predicted octanol–water partition coefficient (Wildman–Crippen LogP) is 1.50. The van der Waals surface area contributed by atoms with Crippen LogP contribution < -0.4 is 5.56 Å².